The number of esters is 1. The second kappa shape index (κ2) is 4.93. The molecule has 1 amide bonds. The van der Waals surface area contributed by atoms with E-state index in [0.29, 0.717) is 5.56 Å². The second-order valence-electron chi connectivity index (χ2n) is 2.96. The summed E-state index contributed by atoms with van der Waals surface area (Å²) in [5, 5.41) is 0. The van der Waals surface area contributed by atoms with Crippen LogP contribution in [0.4, 0.5) is 0 Å². The van der Waals surface area contributed by atoms with E-state index in [4.69, 9.17) is 10.5 Å². The van der Waals surface area contributed by atoms with Crippen molar-refractivity contribution >= 4 is 27.8 Å². The molecule has 0 bridgehead atoms. The number of ether oxygens (including phenoxy) is 1. The highest BCUT2D eigenvalue weighted by atomic mass is 79.9. The van der Waals surface area contributed by atoms with Gasteiger partial charge in [-0.2, -0.15) is 0 Å². The zero-order chi connectivity index (χ0) is 11.4. The lowest BCUT2D eigenvalue weighted by Crippen LogP contribution is -2.30. The molecular weight excluding hydrogens is 262 g/mol. The fourth-order valence-corrected chi connectivity index (χ4v) is 1.14. The molecule has 0 saturated carbocycles. The molecule has 4 nitrogen and oxygen atoms in total. The lowest BCUT2D eigenvalue weighted by Gasteiger charge is -2.09. The Bertz CT molecular complexity index is 375. The summed E-state index contributed by atoms with van der Waals surface area (Å²) in [4.78, 5) is 22.1. The SMILES string of the molecule is C[C@H](OC(=O)c1ccc(Br)cc1)C(N)=O. The average Bonchev–Trinajstić information content (AvgIpc) is 2.18. The maximum Gasteiger partial charge on any atom is 0.338 e. The fraction of sp³-hybridized carbons (Fsp3) is 0.200. The third kappa shape index (κ3) is 3.36. The Balaban J connectivity index is 2.69. The molecular formula is C10H10BrNO3. The first-order chi connectivity index (χ1) is 7.00. The average molecular weight is 272 g/mol. The lowest BCUT2D eigenvalue weighted by molar-refractivity contribution is -0.125. The normalized spacial score (nSPS) is 11.9. The van der Waals surface area contributed by atoms with Crippen molar-refractivity contribution < 1.29 is 14.3 Å². The third-order valence-electron chi connectivity index (χ3n) is 1.76. The first-order valence-electron chi connectivity index (χ1n) is 4.26. The van der Waals surface area contributed by atoms with E-state index in [1.807, 2.05) is 0 Å². The second-order valence-corrected chi connectivity index (χ2v) is 3.87. The van der Waals surface area contributed by atoms with Gasteiger partial charge >= 0.3 is 5.97 Å². The van der Waals surface area contributed by atoms with Gasteiger partial charge in [0.2, 0.25) is 0 Å². The van der Waals surface area contributed by atoms with E-state index >= 15 is 0 Å². The molecule has 0 saturated heterocycles. The van der Waals surface area contributed by atoms with E-state index in [-0.39, 0.29) is 0 Å². The largest absolute Gasteiger partial charge is 0.449 e. The van der Waals surface area contributed by atoms with Crippen molar-refractivity contribution in [3.8, 4) is 0 Å². The van der Waals surface area contributed by atoms with Crippen LogP contribution in [0.1, 0.15) is 17.3 Å². The van der Waals surface area contributed by atoms with E-state index in [1.165, 1.54) is 6.92 Å². The van der Waals surface area contributed by atoms with Crippen molar-refractivity contribution in [3.05, 3.63) is 34.3 Å². The van der Waals surface area contributed by atoms with E-state index in [2.05, 4.69) is 15.9 Å². The molecule has 0 aliphatic rings. The number of carbonyl (C=O) groups excluding carboxylic acids is 2. The summed E-state index contributed by atoms with van der Waals surface area (Å²) in [7, 11) is 0. The number of benzene rings is 1. The van der Waals surface area contributed by atoms with E-state index < -0.39 is 18.0 Å². The molecule has 2 N–H and O–H groups in total. The van der Waals surface area contributed by atoms with Crippen LogP contribution in [0.2, 0.25) is 0 Å². The van der Waals surface area contributed by atoms with Crippen molar-refractivity contribution in [2.24, 2.45) is 5.73 Å². The summed E-state index contributed by atoms with van der Waals surface area (Å²) in [6, 6.07) is 6.62. The number of amides is 1. The van der Waals surface area contributed by atoms with Crippen LogP contribution in [0.3, 0.4) is 0 Å². The highest BCUT2D eigenvalue weighted by molar-refractivity contribution is 9.10. The molecule has 5 heteroatoms. The Hall–Kier alpha value is -1.36. The van der Waals surface area contributed by atoms with Gasteiger partial charge < -0.3 is 10.5 Å². The number of halogens is 1. The van der Waals surface area contributed by atoms with E-state index in [9.17, 15) is 9.59 Å². The molecule has 1 atom stereocenters. The zero-order valence-electron chi connectivity index (χ0n) is 8.07. The summed E-state index contributed by atoms with van der Waals surface area (Å²) in [6.45, 7) is 1.43. The summed E-state index contributed by atoms with van der Waals surface area (Å²) in [5.74, 6) is -1.23. The topological polar surface area (TPSA) is 69.4 Å². The van der Waals surface area contributed by atoms with E-state index in [0.717, 1.165) is 4.47 Å². The van der Waals surface area contributed by atoms with Crippen molar-refractivity contribution in [3.63, 3.8) is 0 Å². The van der Waals surface area contributed by atoms with Crippen molar-refractivity contribution in [2.45, 2.75) is 13.0 Å². The third-order valence-corrected chi connectivity index (χ3v) is 2.29. The van der Waals surface area contributed by atoms with Gasteiger partial charge in [0.25, 0.3) is 5.91 Å². The summed E-state index contributed by atoms with van der Waals surface area (Å²) < 4.78 is 5.67. The predicted molar refractivity (Wildman–Crippen MR) is 58.2 cm³/mol. The minimum atomic E-state index is -0.916. The van der Waals surface area contributed by atoms with Crippen molar-refractivity contribution in [2.75, 3.05) is 0 Å². The first kappa shape index (κ1) is 11.7. The lowest BCUT2D eigenvalue weighted by atomic mass is 10.2. The Labute approximate surface area is 95.5 Å². The van der Waals surface area contributed by atoms with Gasteiger partial charge in [0.15, 0.2) is 6.10 Å². The number of primary amides is 1. The van der Waals surface area contributed by atoms with Gasteiger partial charge in [-0.3, -0.25) is 4.79 Å². The molecule has 0 aromatic heterocycles. The molecule has 0 radical (unpaired) electrons. The molecule has 15 heavy (non-hydrogen) atoms. The molecule has 1 aromatic rings. The van der Waals surface area contributed by atoms with Crippen LogP contribution < -0.4 is 5.73 Å². The maximum absolute atomic E-state index is 11.4. The first-order valence-corrected chi connectivity index (χ1v) is 5.06. The maximum atomic E-state index is 11.4. The molecule has 0 unspecified atom stereocenters. The summed E-state index contributed by atoms with van der Waals surface area (Å²) >= 11 is 3.24. The van der Waals surface area contributed by atoms with Crippen LogP contribution in [0.15, 0.2) is 28.7 Å². The highest BCUT2D eigenvalue weighted by Crippen LogP contribution is 2.11. The molecule has 0 heterocycles. The molecule has 0 spiro atoms. The molecule has 0 aliphatic heterocycles. The van der Waals surface area contributed by atoms with Crippen LogP contribution in [0.5, 0.6) is 0 Å². The zero-order valence-corrected chi connectivity index (χ0v) is 9.65. The van der Waals surface area contributed by atoms with Crippen molar-refractivity contribution in [1.29, 1.82) is 0 Å². The van der Waals surface area contributed by atoms with Gasteiger partial charge in [0, 0.05) is 4.47 Å². The molecule has 0 aliphatic carbocycles. The monoisotopic (exact) mass is 271 g/mol. The Kier molecular flexibility index (Phi) is 3.85. The van der Waals surface area contributed by atoms with Gasteiger partial charge in [0.1, 0.15) is 0 Å². The smallest absolute Gasteiger partial charge is 0.338 e. The summed E-state index contributed by atoms with van der Waals surface area (Å²) in [6.07, 6.45) is -0.916. The van der Waals surface area contributed by atoms with Crippen LogP contribution in [-0.2, 0) is 9.53 Å². The Morgan fingerprint density at radius 3 is 2.33 bits per heavy atom. The number of carbonyl (C=O) groups is 2. The van der Waals surface area contributed by atoms with Crippen LogP contribution in [0, 0.1) is 0 Å². The number of rotatable bonds is 3. The van der Waals surface area contributed by atoms with Gasteiger partial charge in [-0.1, -0.05) is 15.9 Å². The predicted octanol–water partition coefficient (Wildman–Crippen LogP) is 1.48. The quantitative estimate of drug-likeness (QED) is 0.847. The van der Waals surface area contributed by atoms with Crippen LogP contribution >= 0.6 is 15.9 Å². The van der Waals surface area contributed by atoms with Gasteiger partial charge in [0.05, 0.1) is 5.56 Å². The van der Waals surface area contributed by atoms with Gasteiger partial charge in [-0.25, -0.2) is 4.79 Å². The molecule has 0 fully saturated rings. The van der Waals surface area contributed by atoms with Crippen molar-refractivity contribution in [1.82, 2.24) is 0 Å². The van der Waals surface area contributed by atoms with Gasteiger partial charge in [-0.05, 0) is 31.2 Å². The minimum absolute atomic E-state index is 0.381. The van der Waals surface area contributed by atoms with Crippen LogP contribution in [-0.4, -0.2) is 18.0 Å². The molecule has 1 aromatic carbocycles. The highest BCUT2D eigenvalue weighted by Gasteiger charge is 2.15. The standard InChI is InChI=1S/C10H10BrNO3/c1-6(9(12)13)15-10(14)7-2-4-8(11)5-3-7/h2-6H,1H3,(H2,12,13)/t6-/m0/s1. The number of hydrogen-bond acceptors (Lipinski definition) is 3. The Morgan fingerprint density at radius 1 is 1.33 bits per heavy atom. The number of hydrogen-bond donors (Lipinski definition) is 1. The van der Waals surface area contributed by atoms with E-state index in [1.54, 1.807) is 24.3 Å². The number of nitrogens with two attached hydrogens (primary N) is 1. The molecule has 80 valence electrons. The Morgan fingerprint density at radius 2 is 1.87 bits per heavy atom. The fourth-order valence-electron chi connectivity index (χ4n) is 0.873. The minimum Gasteiger partial charge on any atom is -0.449 e. The van der Waals surface area contributed by atoms with Gasteiger partial charge in [-0.15, -0.1) is 0 Å². The molecule has 1 rings (SSSR count). The summed E-state index contributed by atoms with van der Waals surface area (Å²) in [5.41, 5.74) is 5.34. The van der Waals surface area contributed by atoms with Crippen LogP contribution in [0.25, 0.3) is 0 Å².